The number of benzene rings is 1. The average molecular weight is 304 g/mol. The third kappa shape index (κ3) is 2.28. The van der Waals surface area contributed by atoms with Gasteiger partial charge in [-0.2, -0.15) is 14.6 Å². The zero-order chi connectivity index (χ0) is 15.0. The number of methoxy groups -OCH3 is 1. The van der Waals surface area contributed by atoms with E-state index in [1.165, 1.54) is 18.0 Å². The highest BCUT2D eigenvalue weighted by Gasteiger charge is 2.16. The van der Waals surface area contributed by atoms with Crippen molar-refractivity contribution in [2.75, 3.05) is 13.4 Å². The van der Waals surface area contributed by atoms with Gasteiger partial charge in [0.2, 0.25) is 0 Å². The molecule has 2 heterocycles. The van der Waals surface area contributed by atoms with Gasteiger partial charge < -0.3 is 14.4 Å². The molecule has 1 atom stereocenters. The summed E-state index contributed by atoms with van der Waals surface area (Å²) in [5, 5.41) is 13.7. The number of hydrogen-bond donors (Lipinski definition) is 1. The molecule has 1 unspecified atom stereocenters. The van der Waals surface area contributed by atoms with E-state index in [-0.39, 0.29) is 6.01 Å². The first-order chi connectivity index (χ1) is 10.1. The maximum absolute atomic E-state index is 11.6. The van der Waals surface area contributed by atoms with Crippen LogP contribution in [-0.4, -0.2) is 42.6 Å². The molecule has 0 aliphatic rings. The van der Waals surface area contributed by atoms with Crippen molar-refractivity contribution in [3.63, 3.8) is 0 Å². The fourth-order valence-corrected chi connectivity index (χ4v) is 2.76. The van der Waals surface area contributed by atoms with E-state index in [9.17, 15) is 9.66 Å². The van der Waals surface area contributed by atoms with Gasteiger partial charge in [-0.3, -0.25) is 0 Å². The lowest BCUT2D eigenvalue weighted by Crippen LogP contribution is -2.00. The molecule has 0 aliphatic carbocycles. The van der Waals surface area contributed by atoms with Gasteiger partial charge in [-0.15, -0.1) is 0 Å². The minimum Gasteiger partial charge on any atom is -0.612 e. The molecule has 1 aromatic carbocycles. The summed E-state index contributed by atoms with van der Waals surface area (Å²) in [6.07, 6.45) is 4.45. The van der Waals surface area contributed by atoms with Gasteiger partial charge in [-0.25, -0.2) is 4.98 Å². The fourth-order valence-electron chi connectivity index (χ4n) is 2.08. The Bertz CT molecular complexity index is 803. The summed E-state index contributed by atoms with van der Waals surface area (Å²) in [5.41, 5.74) is 2.00. The van der Waals surface area contributed by atoms with Crippen LogP contribution in [0.5, 0.6) is 11.8 Å². The monoisotopic (exact) mass is 304 g/mol. The van der Waals surface area contributed by atoms with Crippen LogP contribution >= 0.6 is 0 Å². The summed E-state index contributed by atoms with van der Waals surface area (Å²) >= 11 is -1.14. The van der Waals surface area contributed by atoms with Gasteiger partial charge in [0, 0.05) is 5.56 Å². The molecule has 0 aliphatic heterocycles. The smallest absolute Gasteiger partial charge is 0.318 e. The molecule has 0 radical (unpaired) electrons. The van der Waals surface area contributed by atoms with Crippen LogP contribution in [0.4, 0.5) is 0 Å². The Labute approximate surface area is 123 Å². The Hall–Kier alpha value is -2.32. The molecule has 108 valence electrons. The summed E-state index contributed by atoms with van der Waals surface area (Å²) in [5.74, 6) is 0.533. The van der Waals surface area contributed by atoms with Crippen molar-refractivity contribution >= 4 is 16.8 Å². The van der Waals surface area contributed by atoms with Crippen LogP contribution in [0.15, 0.2) is 35.6 Å². The third-order valence-electron chi connectivity index (χ3n) is 3.07. The van der Waals surface area contributed by atoms with Crippen LogP contribution in [0.3, 0.4) is 0 Å². The second-order valence-corrected chi connectivity index (χ2v) is 5.64. The molecule has 8 heteroatoms. The maximum atomic E-state index is 11.6. The molecule has 7 nitrogen and oxygen atoms in total. The van der Waals surface area contributed by atoms with E-state index in [0.29, 0.717) is 16.3 Å². The minimum atomic E-state index is -1.14. The largest absolute Gasteiger partial charge is 0.612 e. The highest BCUT2D eigenvalue weighted by atomic mass is 32.2. The van der Waals surface area contributed by atoms with Crippen molar-refractivity contribution in [2.24, 2.45) is 0 Å². The number of aromatic nitrogens is 4. The van der Waals surface area contributed by atoms with Crippen molar-refractivity contribution in [1.82, 2.24) is 19.6 Å². The molecule has 0 bridgehead atoms. The SMILES string of the molecule is COc1cc(-c2cnn3c(O)ncnc23)ccc1[S+](C)[O-]. The molecule has 0 fully saturated rings. The van der Waals surface area contributed by atoms with Crippen LogP contribution in [0.2, 0.25) is 0 Å². The Balaban J connectivity index is 2.17. The Kier molecular flexibility index (Phi) is 3.40. The van der Waals surface area contributed by atoms with Crippen molar-refractivity contribution < 1.29 is 14.4 Å². The highest BCUT2D eigenvalue weighted by Crippen LogP contribution is 2.31. The van der Waals surface area contributed by atoms with Gasteiger partial charge in [0.25, 0.3) is 0 Å². The second kappa shape index (κ2) is 5.23. The molecular formula is C13H12N4O3S. The third-order valence-corrected chi connectivity index (χ3v) is 4.03. The van der Waals surface area contributed by atoms with Gasteiger partial charge in [0.15, 0.2) is 16.3 Å². The molecule has 0 amide bonds. The number of aromatic hydroxyl groups is 1. The minimum absolute atomic E-state index is 0.232. The van der Waals surface area contributed by atoms with Crippen molar-refractivity contribution in [3.8, 4) is 22.9 Å². The Morgan fingerprint density at radius 1 is 1.33 bits per heavy atom. The molecule has 3 rings (SSSR count). The number of fused-ring (bicyclic) bond motifs is 1. The number of rotatable bonds is 3. The highest BCUT2D eigenvalue weighted by molar-refractivity contribution is 7.90. The lowest BCUT2D eigenvalue weighted by Gasteiger charge is -2.10. The summed E-state index contributed by atoms with van der Waals surface area (Å²) in [6, 6.07) is 5.10. The van der Waals surface area contributed by atoms with E-state index in [1.54, 1.807) is 24.6 Å². The lowest BCUT2D eigenvalue weighted by atomic mass is 10.1. The van der Waals surface area contributed by atoms with Crippen molar-refractivity contribution in [3.05, 3.63) is 30.7 Å². The van der Waals surface area contributed by atoms with E-state index in [4.69, 9.17) is 4.74 Å². The van der Waals surface area contributed by atoms with Crippen molar-refractivity contribution in [1.29, 1.82) is 0 Å². The predicted molar refractivity (Wildman–Crippen MR) is 76.8 cm³/mol. The number of ether oxygens (including phenoxy) is 1. The predicted octanol–water partition coefficient (Wildman–Crippen LogP) is 1.24. The van der Waals surface area contributed by atoms with Crippen LogP contribution in [-0.2, 0) is 11.2 Å². The van der Waals surface area contributed by atoms with Gasteiger partial charge in [0.1, 0.15) is 12.6 Å². The topological polar surface area (TPSA) is 95.6 Å². The summed E-state index contributed by atoms with van der Waals surface area (Å²) in [7, 11) is 1.53. The van der Waals surface area contributed by atoms with Crippen LogP contribution in [0.1, 0.15) is 0 Å². The summed E-state index contributed by atoms with van der Waals surface area (Å²) < 4.78 is 18.2. The van der Waals surface area contributed by atoms with E-state index in [2.05, 4.69) is 15.1 Å². The molecule has 21 heavy (non-hydrogen) atoms. The van der Waals surface area contributed by atoms with Crippen LogP contribution in [0, 0.1) is 0 Å². The second-order valence-electron chi connectivity index (χ2n) is 4.29. The molecule has 0 saturated heterocycles. The molecule has 0 spiro atoms. The first kappa shape index (κ1) is 13.7. The molecule has 3 aromatic rings. The number of nitrogens with zero attached hydrogens (tertiary/aromatic N) is 4. The number of hydrogen-bond acceptors (Lipinski definition) is 6. The molecule has 0 saturated carbocycles. The van der Waals surface area contributed by atoms with Crippen molar-refractivity contribution in [2.45, 2.75) is 4.90 Å². The molecule has 1 N–H and O–H groups in total. The fraction of sp³-hybridized carbons (Fsp3) is 0.154. The zero-order valence-electron chi connectivity index (χ0n) is 11.3. The van der Waals surface area contributed by atoms with Crippen LogP contribution < -0.4 is 4.74 Å². The Morgan fingerprint density at radius 3 is 2.86 bits per heavy atom. The lowest BCUT2D eigenvalue weighted by molar-refractivity contribution is 0.403. The van der Waals surface area contributed by atoms with Gasteiger partial charge in [-0.1, -0.05) is 0 Å². The first-order valence-corrected chi connectivity index (χ1v) is 7.57. The van der Waals surface area contributed by atoms with E-state index in [0.717, 1.165) is 11.1 Å². The Morgan fingerprint density at radius 2 is 2.14 bits per heavy atom. The van der Waals surface area contributed by atoms with E-state index in [1.807, 2.05) is 6.07 Å². The van der Waals surface area contributed by atoms with E-state index < -0.39 is 11.2 Å². The van der Waals surface area contributed by atoms with Gasteiger partial charge in [0.05, 0.1) is 13.3 Å². The summed E-state index contributed by atoms with van der Waals surface area (Å²) in [4.78, 5) is 8.41. The zero-order valence-corrected chi connectivity index (χ0v) is 12.2. The van der Waals surface area contributed by atoms with Gasteiger partial charge >= 0.3 is 6.01 Å². The van der Waals surface area contributed by atoms with E-state index >= 15 is 0 Å². The molecular weight excluding hydrogens is 292 g/mol. The normalized spacial score (nSPS) is 12.5. The molecule has 2 aromatic heterocycles. The first-order valence-electron chi connectivity index (χ1n) is 6.01. The average Bonchev–Trinajstić information content (AvgIpc) is 2.92. The standard InChI is InChI=1S/C13H12N4O3S/c1-20-10-5-8(3-4-11(10)21(2)19)9-6-16-17-12(9)14-7-15-13(17)18/h3-7H,1-2H3,(H,14,15,18). The van der Waals surface area contributed by atoms with Gasteiger partial charge in [-0.05, 0) is 34.9 Å². The van der Waals surface area contributed by atoms with Crippen LogP contribution in [0.25, 0.3) is 16.8 Å². The summed E-state index contributed by atoms with van der Waals surface area (Å²) in [6.45, 7) is 0. The maximum Gasteiger partial charge on any atom is 0.318 e. The quantitative estimate of drug-likeness (QED) is 0.731.